The predicted molar refractivity (Wildman–Crippen MR) is 95.3 cm³/mol. The van der Waals surface area contributed by atoms with Crippen LogP contribution >= 0.6 is 0 Å². The van der Waals surface area contributed by atoms with Crippen molar-refractivity contribution in [3.05, 3.63) is 65.6 Å². The molecular formula is C18H16F3N5O3. The molecule has 0 aliphatic rings. The smallest absolute Gasteiger partial charge is 0.416 e. The zero-order valence-electron chi connectivity index (χ0n) is 15.1. The molecule has 1 aromatic carbocycles. The van der Waals surface area contributed by atoms with Crippen LogP contribution in [0.1, 0.15) is 34.6 Å². The lowest BCUT2D eigenvalue weighted by molar-refractivity contribution is -0.137. The first-order chi connectivity index (χ1) is 13.6. The number of nitrogens with one attached hydrogen (secondary N) is 1. The molecular weight excluding hydrogens is 391 g/mol. The van der Waals surface area contributed by atoms with Crippen molar-refractivity contribution in [2.24, 2.45) is 0 Å². The maximum Gasteiger partial charge on any atom is 0.416 e. The van der Waals surface area contributed by atoms with E-state index >= 15 is 0 Å². The Morgan fingerprint density at radius 1 is 1.17 bits per heavy atom. The van der Waals surface area contributed by atoms with Crippen LogP contribution in [0.4, 0.5) is 19.0 Å². The van der Waals surface area contributed by atoms with Gasteiger partial charge in [-0.25, -0.2) is 4.79 Å². The van der Waals surface area contributed by atoms with Gasteiger partial charge in [-0.1, -0.05) is 12.1 Å². The number of aromatic carboxylic acids is 1. The Kier molecular flexibility index (Phi) is 5.39. The van der Waals surface area contributed by atoms with Crippen LogP contribution in [0.3, 0.4) is 0 Å². The number of alkyl halides is 3. The highest BCUT2D eigenvalue weighted by Gasteiger charge is 2.30. The quantitative estimate of drug-likeness (QED) is 0.654. The first-order valence-corrected chi connectivity index (χ1v) is 8.42. The summed E-state index contributed by atoms with van der Waals surface area (Å²) in [5.41, 5.74) is -0.522. The molecule has 2 aromatic heterocycles. The summed E-state index contributed by atoms with van der Waals surface area (Å²) in [6.45, 7) is 1.63. The Morgan fingerprint density at radius 3 is 2.59 bits per heavy atom. The Labute approximate surface area is 162 Å². The summed E-state index contributed by atoms with van der Waals surface area (Å²) in [6.07, 6.45) is -1.53. The summed E-state index contributed by atoms with van der Waals surface area (Å²) in [5, 5.41) is 19.4. The fraction of sp³-hybridized carbons (Fsp3) is 0.222. The van der Waals surface area contributed by atoms with Gasteiger partial charge >= 0.3 is 12.1 Å². The van der Waals surface area contributed by atoms with Crippen molar-refractivity contribution >= 4 is 17.7 Å². The second kappa shape index (κ2) is 7.78. The molecule has 0 bridgehead atoms. The number of carbonyl (C=O) groups excluding carboxylic acids is 1. The number of carbonyl (C=O) groups is 2. The number of carboxylic acids is 1. The molecule has 0 aliphatic heterocycles. The lowest BCUT2D eigenvalue weighted by Gasteiger charge is -2.11. The molecule has 8 nitrogen and oxygen atoms in total. The van der Waals surface area contributed by atoms with Gasteiger partial charge in [0.2, 0.25) is 5.91 Å². The lowest BCUT2D eigenvalue weighted by Crippen LogP contribution is -2.24. The predicted octanol–water partition coefficient (Wildman–Crippen LogP) is 3.04. The molecule has 1 amide bonds. The average molecular weight is 407 g/mol. The van der Waals surface area contributed by atoms with Gasteiger partial charge in [-0.15, -0.1) is 0 Å². The van der Waals surface area contributed by atoms with E-state index in [0.717, 1.165) is 12.1 Å². The molecule has 0 radical (unpaired) electrons. The van der Waals surface area contributed by atoms with Crippen LogP contribution in [-0.2, 0) is 17.5 Å². The standard InChI is InChI=1S/C18H16F3N5O3/c1-11(26-8-5-14(23-26)17(28)29)16(27)22-15-6-7-25(24-15)10-12-3-2-4-13(9-12)18(19,20)21/h2-9,11H,10H2,1H3,(H,28,29)(H,22,24,27). The topological polar surface area (TPSA) is 102 Å². The normalized spacial score (nSPS) is 12.6. The molecule has 0 aliphatic carbocycles. The minimum absolute atomic E-state index is 0.0937. The van der Waals surface area contributed by atoms with Gasteiger partial charge in [0.25, 0.3) is 0 Å². The SMILES string of the molecule is CC(C(=O)Nc1ccn(Cc2cccc(C(F)(F)F)c2)n1)n1ccc(C(=O)O)n1. The number of carboxylic acid groups (broad SMARTS) is 1. The number of hydrogen-bond acceptors (Lipinski definition) is 4. The molecule has 0 spiro atoms. The van der Waals surface area contributed by atoms with E-state index in [4.69, 9.17) is 5.11 Å². The van der Waals surface area contributed by atoms with Crippen LogP contribution in [0.2, 0.25) is 0 Å². The van der Waals surface area contributed by atoms with Crippen molar-refractivity contribution in [2.75, 3.05) is 5.32 Å². The van der Waals surface area contributed by atoms with Gasteiger partial charge in [0, 0.05) is 18.5 Å². The van der Waals surface area contributed by atoms with Crippen LogP contribution < -0.4 is 5.32 Å². The summed E-state index contributed by atoms with van der Waals surface area (Å²) >= 11 is 0. The lowest BCUT2D eigenvalue weighted by atomic mass is 10.1. The number of aromatic nitrogens is 4. The molecule has 29 heavy (non-hydrogen) atoms. The molecule has 3 rings (SSSR count). The van der Waals surface area contributed by atoms with Crippen molar-refractivity contribution in [2.45, 2.75) is 25.7 Å². The average Bonchev–Trinajstić information content (AvgIpc) is 3.30. The molecule has 0 saturated heterocycles. The van der Waals surface area contributed by atoms with Crippen molar-refractivity contribution in [1.29, 1.82) is 0 Å². The Balaban J connectivity index is 1.65. The summed E-state index contributed by atoms with van der Waals surface area (Å²) in [5.74, 6) is -1.47. The van der Waals surface area contributed by atoms with Crippen molar-refractivity contribution in [1.82, 2.24) is 19.6 Å². The van der Waals surface area contributed by atoms with E-state index in [0.29, 0.717) is 5.56 Å². The van der Waals surface area contributed by atoms with Crippen molar-refractivity contribution in [3.8, 4) is 0 Å². The largest absolute Gasteiger partial charge is 0.476 e. The number of hydrogen-bond donors (Lipinski definition) is 2. The minimum atomic E-state index is -4.43. The Morgan fingerprint density at radius 2 is 1.93 bits per heavy atom. The monoisotopic (exact) mass is 407 g/mol. The van der Waals surface area contributed by atoms with E-state index in [9.17, 15) is 22.8 Å². The zero-order valence-corrected chi connectivity index (χ0v) is 15.1. The van der Waals surface area contributed by atoms with E-state index < -0.39 is 29.7 Å². The van der Waals surface area contributed by atoms with Gasteiger partial charge in [0.1, 0.15) is 6.04 Å². The highest BCUT2D eigenvalue weighted by Crippen LogP contribution is 2.29. The van der Waals surface area contributed by atoms with Crippen LogP contribution in [0.5, 0.6) is 0 Å². The van der Waals surface area contributed by atoms with E-state index in [1.54, 1.807) is 6.07 Å². The van der Waals surface area contributed by atoms with Crippen molar-refractivity contribution < 1.29 is 27.9 Å². The first-order valence-electron chi connectivity index (χ1n) is 8.42. The fourth-order valence-electron chi connectivity index (χ4n) is 2.57. The highest BCUT2D eigenvalue weighted by atomic mass is 19.4. The summed E-state index contributed by atoms with van der Waals surface area (Å²) in [6, 6.07) is 6.89. The minimum Gasteiger partial charge on any atom is -0.476 e. The van der Waals surface area contributed by atoms with Crippen LogP contribution in [0, 0.1) is 0 Å². The Hall–Kier alpha value is -3.63. The number of halogens is 3. The first kappa shape index (κ1) is 20.1. The summed E-state index contributed by atoms with van der Waals surface area (Å²) in [4.78, 5) is 23.2. The fourth-order valence-corrected chi connectivity index (χ4v) is 2.57. The van der Waals surface area contributed by atoms with Crippen molar-refractivity contribution in [3.63, 3.8) is 0 Å². The van der Waals surface area contributed by atoms with Gasteiger partial charge < -0.3 is 10.4 Å². The molecule has 0 saturated carbocycles. The van der Waals surface area contributed by atoms with E-state index in [1.807, 2.05) is 0 Å². The maximum atomic E-state index is 12.8. The highest BCUT2D eigenvalue weighted by molar-refractivity contribution is 5.92. The number of benzene rings is 1. The number of rotatable bonds is 6. The van der Waals surface area contributed by atoms with Gasteiger partial charge in [-0.05, 0) is 30.7 Å². The molecule has 2 N–H and O–H groups in total. The second-order valence-electron chi connectivity index (χ2n) is 6.25. The van der Waals surface area contributed by atoms with Crippen LogP contribution in [-0.4, -0.2) is 36.5 Å². The third kappa shape index (κ3) is 4.81. The van der Waals surface area contributed by atoms with Gasteiger partial charge in [-0.2, -0.15) is 23.4 Å². The third-order valence-electron chi connectivity index (χ3n) is 4.09. The maximum absolute atomic E-state index is 12.8. The third-order valence-corrected chi connectivity index (χ3v) is 4.09. The molecule has 1 unspecified atom stereocenters. The summed E-state index contributed by atoms with van der Waals surface area (Å²) in [7, 11) is 0. The molecule has 3 aromatic rings. The number of nitrogens with zero attached hydrogens (tertiary/aromatic N) is 4. The molecule has 11 heteroatoms. The molecule has 1 atom stereocenters. The van der Waals surface area contributed by atoms with Gasteiger partial charge in [0.05, 0.1) is 12.1 Å². The van der Waals surface area contributed by atoms with Gasteiger partial charge in [0.15, 0.2) is 11.5 Å². The van der Waals surface area contributed by atoms with Crippen LogP contribution in [0.15, 0.2) is 48.8 Å². The molecule has 2 heterocycles. The van der Waals surface area contributed by atoms with Crippen LogP contribution in [0.25, 0.3) is 0 Å². The second-order valence-corrected chi connectivity index (χ2v) is 6.25. The molecule has 152 valence electrons. The van der Waals surface area contributed by atoms with E-state index in [2.05, 4.69) is 15.5 Å². The number of anilines is 1. The van der Waals surface area contributed by atoms with Gasteiger partial charge in [-0.3, -0.25) is 14.2 Å². The van der Waals surface area contributed by atoms with E-state index in [-0.39, 0.29) is 18.1 Å². The van der Waals surface area contributed by atoms with E-state index in [1.165, 1.54) is 46.9 Å². The summed E-state index contributed by atoms with van der Waals surface area (Å²) < 4.78 is 41.0. The zero-order chi connectivity index (χ0) is 21.2. The molecule has 0 fully saturated rings. The Bertz CT molecular complexity index is 1040. The number of amides is 1.